The van der Waals surface area contributed by atoms with Gasteiger partial charge in [-0.15, -0.1) is 0 Å². The number of amides is 1. The van der Waals surface area contributed by atoms with Crippen LogP contribution in [0.2, 0.25) is 0 Å². The molecule has 0 bridgehead atoms. The van der Waals surface area contributed by atoms with Gasteiger partial charge in [0.15, 0.2) is 23.8 Å². The third-order valence-corrected chi connectivity index (χ3v) is 12.9. The topological polar surface area (TPSA) is 169 Å². The van der Waals surface area contributed by atoms with E-state index >= 15 is 0 Å². The van der Waals surface area contributed by atoms with E-state index in [2.05, 4.69) is 16.9 Å². The number of pyridine rings is 1. The zero-order chi connectivity index (χ0) is 45.7. The van der Waals surface area contributed by atoms with Gasteiger partial charge in [0.2, 0.25) is 0 Å². The number of hydrogen-bond donors (Lipinski definition) is 1. The monoisotopic (exact) mass is 867 g/mol. The number of carbonyl (C=O) groups is 5. The minimum absolute atomic E-state index is 0.0534. The summed E-state index contributed by atoms with van der Waals surface area (Å²) in [6.07, 6.45) is -0.178. The van der Waals surface area contributed by atoms with E-state index in [9.17, 15) is 24.0 Å². The van der Waals surface area contributed by atoms with Crippen molar-refractivity contribution in [3.05, 3.63) is 96.2 Å². The highest BCUT2D eigenvalue weighted by molar-refractivity contribution is 6.17. The van der Waals surface area contributed by atoms with Gasteiger partial charge in [0, 0.05) is 35.3 Å². The first-order chi connectivity index (χ1) is 29.9. The van der Waals surface area contributed by atoms with Gasteiger partial charge in [0.25, 0.3) is 0 Å². The van der Waals surface area contributed by atoms with Gasteiger partial charge in [0.05, 0.1) is 53.7 Å². The van der Waals surface area contributed by atoms with Crippen LogP contribution in [0.3, 0.4) is 0 Å². The molecule has 14 heteroatoms. The highest BCUT2D eigenvalue weighted by Crippen LogP contribution is 2.39. The zero-order valence-corrected chi connectivity index (χ0v) is 37.6. The summed E-state index contributed by atoms with van der Waals surface area (Å²) in [4.78, 5) is 76.3. The van der Waals surface area contributed by atoms with Crippen molar-refractivity contribution in [3.8, 4) is 0 Å². The van der Waals surface area contributed by atoms with Crippen LogP contribution in [-0.2, 0) is 42.8 Å². The number of ether oxygens (including phenoxy) is 6. The fourth-order valence-electron chi connectivity index (χ4n) is 9.37. The first-order valence-electron chi connectivity index (χ1n) is 21.8. The smallest absolute Gasteiger partial charge is 0.408 e. The number of likely N-dealkylation sites (N-methyl/N-ethyl adjacent to an activating group) is 1. The Morgan fingerprint density at radius 1 is 0.952 bits per heavy atom. The summed E-state index contributed by atoms with van der Waals surface area (Å²) >= 11 is 0. The number of Topliss-reactive ketones (excluding diaryl/α,β-unsaturated/α-hetero) is 2. The fraction of sp³-hybridized carbons (Fsp3) is 0.510. The molecule has 4 heterocycles. The minimum Gasteiger partial charge on any atom is -0.454 e. The molecule has 0 aliphatic carbocycles. The maximum atomic E-state index is 14.8. The van der Waals surface area contributed by atoms with Crippen LogP contribution < -0.4 is 5.32 Å². The van der Waals surface area contributed by atoms with Crippen LogP contribution in [0.15, 0.2) is 85.1 Å². The number of rotatable bonds is 10. The lowest BCUT2D eigenvalue weighted by Gasteiger charge is -2.46. The number of carbonyl (C=O) groups excluding carboxylic acids is 5. The summed E-state index contributed by atoms with van der Waals surface area (Å²) in [6.45, 7) is 16.1. The first-order valence-corrected chi connectivity index (χ1v) is 21.8. The molecule has 338 valence electrons. The van der Waals surface area contributed by atoms with Crippen molar-refractivity contribution >= 4 is 46.6 Å². The molecule has 0 spiro atoms. The van der Waals surface area contributed by atoms with E-state index < -0.39 is 95.4 Å². The van der Waals surface area contributed by atoms with Crippen molar-refractivity contribution in [3.63, 3.8) is 0 Å². The maximum absolute atomic E-state index is 14.8. The van der Waals surface area contributed by atoms with Crippen molar-refractivity contribution in [2.75, 3.05) is 20.7 Å². The number of alkyl carbamates (subject to hydrolysis) is 1. The second-order valence-electron chi connectivity index (χ2n) is 17.5. The number of nitrogens with one attached hydrogen (secondary N) is 1. The molecule has 1 aromatic heterocycles. The van der Waals surface area contributed by atoms with Crippen molar-refractivity contribution in [1.82, 2.24) is 15.2 Å². The molecule has 3 aliphatic rings. The quantitative estimate of drug-likeness (QED) is 0.0984. The summed E-state index contributed by atoms with van der Waals surface area (Å²) < 4.78 is 38.0. The average Bonchev–Trinajstić information content (AvgIpc) is 3.59. The number of ketones is 2. The average molecular weight is 868 g/mol. The predicted molar refractivity (Wildman–Crippen MR) is 235 cm³/mol. The molecule has 13 atom stereocenters. The largest absolute Gasteiger partial charge is 0.454 e. The SMILES string of the molecule is C=C1C(=O)O[C@H](CC)[C@@]2(C)OC(=O)NC2[C@@H](C)C(=O)[C@H](C)[C@H](OC/C=C/c2cnc3ccccc3c2)[C@H](C)[C@H](O[C@@H]2O[C@H](C)C[C@H](N(C)C)[C@H]2OC(=O)c2ccccc2)[C@@H](C)C1=O. The number of nitrogens with zero attached hydrogens (tertiary/aromatic N) is 2. The summed E-state index contributed by atoms with van der Waals surface area (Å²) in [5.74, 6) is -6.06. The van der Waals surface area contributed by atoms with Crippen molar-refractivity contribution in [1.29, 1.82) is 0 Å². The highest BCUT2D eigenvalue weighted by Gasteiger charge is 2.57. The second-order valence-corrected chi connectivity index (χ2v) is 17.5. The third kappa shape index (κ3) is 10.3. The summed E-state index contributed by atoms with van der Waals surface area (Å²) in [5.41, 5.74) is 0.141. The number of hydrogen-bond acceptors (Lipinski definition) is 13. The molecule has 1 unspecified atom stereocenters. The summed E-state index contributed by atoms with van der Waals surface area (Å²) in [6, 6.07) is 17.1. The van der Waals surface area contributed by atoms with Crippen LogP contribution in [0.1, 0.15) is 77.2 Å². The number of esters is 2. The maximum Gasteiger partial charge on any atom is 0.408 e. The fourth-order valence-corrected chi connectivity index (χ4v) is 9.37. The molecule has 1 amide bonds. The van der Waals surface area contributed by atoms with Gasteiger partial charge in [-0.3, -0.25) is 14.6 Å². The Balaban J connectivity index is 1.41. The second kappa shape index (κ2) is 20.0. The lowest BCUT2D eigenvalue weighted by Crippen LogP contribution is -2.59. The molecule has 14 nitrogen and oxygen atoms in total. The standard InChI is InChI=1S/C49H61N3O11/c1-11-38-49(8)44(51-48(57)63-49)30(5)39(53)28(3)41(58-23-17-18-33-25-35-21-15-16-22-36(35)50-26-33)32(7)42(29(4)40(54)31(6)45(55)60-38)62-47-43(37(52(9)10)24-27(2)59-47)61-46(56)34-19-13-12-14-20-34/h12-22,25-30,32,37-38,41-44,47H,6,11,23-24H2,1-5,7-10H3,(H,51,57)/b18-17+/t27-,28+,29+,30+,32+,37+,38-,41+,42-,43-,44?,47+,49-/m1/s1. The molecular weight excluding hydrogens is 807 g/mol. The molecule has 3 aliphatic heterocycles. The highest BCUT2D eigenvalue weighted by atomic mass is 16.7. The predicted octanol–water partition coefficient (Wildman–Crippen LogP) is 6.75. The van der Waals surface area contributed by atoms with Crippen molar-refractivity contribution in [2.24, 2.45) is 23.7 Å². The van der Waals surface area contributed by atoms with Gasteiger partial charge >= 0.3 is 18.0 Å². The molecule has 1 N–H and O–H groups in total. The van der Waals surface area contributed by atoms with Crippen LogP contribution in [0.25, 0.3) is 17.0 Å². The van der Waals surface area contributed by atoms with Gasteiger partial charge in [0.1, 0.15) is 11.9 Å². The Bertz CT molecular complexity index is 2190. The van der Waals surface area contributed by atoms with E-state index in [1.807, 2.05) is 75.3 Å². The molecule has 3 fully saturated rings. The summed E-state index contributed by atoms with van der Waals surface area (Å²) in [7, 11) is 3.75. The first kappa shape index (κ1) is 47.2. The lowest BCUT2D eigenvalue weighted by molar-refractivity contribution is -0.281. The van der Waals surface area contributed by atoms with Gasteiger partial charge in [-0.25, -0.2) is 14.4 Å². The van der Waals surface area contributed by atoms with E-state index in [1.165, 1.54) is 0 Å². The molecular formula is C49H61N3O11. The number of fused-ring (bicyclic) bond motifs is 2. The molecule has 63 heavy (non-hydrogen) atoms. The lowest BCUT2D eigenvalue weighted by atomic mass is 9.74. The number of para-hydroxylation sites is 1. The van der Waals surface area contributed by atoms with E-state index in [4.69, 9.17) is 28.4 Å². The zero-order valence-electron chi connectivity index (χ0n) is 37.6. The Labute approximate surface area is 369 Å². The Morgan fingerprint density at radius 3 is 2.35 bits per heavy atom. The Morgan fingerprint density at radius 2 is 1.65 bits per heavy atom. The van der Waals surface area contributed by atoms with Gasteiger partial charge in [-0.05, 0) is 70.6 Å². The molecule has 6 rings (SSSR count). The Kier molecular flexibility index (Phi) is 15.0. The normalized spacial score (nSPS) is 33.4. The van der Waals surface area contributed by atoms with E-state index in [0.29, 0.717) is 12.0 Å². The van der Waals surface area contributed by atoms with Crippen LogP contribution >= 0.6 is 0 Å². The van der Waals surface area contributed by atoms with Crippen LogP contribution in [0.5, 0.6) is 0 Å². The molecule has 0 saturated carbocycles. The van der Waals surface area contributed by atoms with Crippen molar-refractivity contribution in [2.45, 2.75) is 116 Å². The van der Waals surface area contributed by atoms with E-state index in [-0.39, 0.29) is 31.0 Å². The van der Waals surface area contributed by atoms with E-state index in [0.717, 1.165) is 16.5 Å². The van der Waals surface area contributed by atoms with Crippen molar-refractivity contribution < 1.29 is 52.4 Å². The van der Waals surface area contributed by atoms with Gasteiger partial charge in [-0.2, -0.15) is 0 Å². The van der Waals surface area contributed by atoms with Gasteiger partial charge in [-0.1, -0.05) is 89.7 Å². The van der Waals surface area contributed by atoms with Crippen LogP contribution in [0.4, 0.5) is 4.79 Å². The number of cyclic esters (lactones) is 1. The number of aromatic nitrogens is 1. The molecule has 3 saturated heterocycles. The molecule has 3 aromatic rings. The number of benzene rings is 2. The third-order valence-electron chi connectivity index (χ3n) is 12.9. The van der Waals surface area contributed by atoms with Crippen LogP contribution in [-0.4, -0.2) is 115 Å². The molecule has 2 aromatic carbocycles. The summed E-state index contributed by atoms with van der Waals surface area (Å²) in [5, 5.41) is 3.77. The Hall–Kier alpha value is -5.28. The van der Waals surface area contributed by atoms with Gasteiger partial charge < -0.3 is 38.6 Å². The van der Waals surface area contributed by atoms with E-state index in [1.54, 1.807) is 71.1 Å². The molecule has 0 radical (unpaired) electrons. The van der Waals surface area contributed by atoms with Crippen LogP contribution in [0, 0.1) is 23.7 Å². The minimum atomic E-state index is -1.47.